The van der Waals surface area contributed by atoms with Crippen molar-refractivity contribution >= 4 is 11.8 Å². The van der Waals surface area contributed by atoms with Gasteiger partial charge in [-0.15, -0.1) is 0 Å². The molecule has 0 unspecified atom stereocenters. The quantitative estimate of drug-likeness (QED) is 0.789. The van der Waals surface area contributed by atoms with Gasteiger partial charge in [0.05, 0.1) is 0 Å². The molecule has 6 nitrogen and oxygen atoms in total. The Hall–Kier alpha value is -2.45. The number of rotatable bonds is 5. The summed E-state index contributed by atoms with van der Waals surface area (Å²) in [6, 6.07) is 5.71. The minimum Gasteiger partial charge on any atom is -0.454 e. The van der Waals surface area contributed by atoms with Gasteiger partial charge in [0.25, 0.3) is 0 Å². The van der Waals surface area contributed by atoms with E-state index >= 15 is 0 Å². The van der Waals surface area contributed by atoms with Crippen LogP contribution in [0.25, 0.3) is 0 Å². The van der Waals surface area contributed by atoms with Crippen LogP contribution in [0.1, 0.15) is 24.8 Å². The Morgan fingerprint density at radius 3 is 2.56 bits per heavy atom. The second-order valence-electron chi connectivity index (χ2n) is 6.65. The van der Waals surface area contributed by atoms with E-state index in [1.165, 1.54) is 0 Å². The molecule has 148 valence electrons. The Labute approximate surface area is 154 Å². The topological polar surface area (TPSA) is 67.9 Å². The third kappa shape index (κ3) is 4.84. The molecule has 1 saturated heterocycles. The van der Waals surface area contributed by atoms with E-state index < -0.39 is 12.1 Å². The maximum absolute atomic E-state index is 12.4. The van der Waals surface area contributed by atoms with Gasteiger partial charge in [0.2, 0.25) is 12.7 Å². The summed E-state index contributed by atoms with van der Waals surface area (Å²) in [6.07, 6.45) is -2.87. The predicted octanol–water partition coefficient (Wildman–Crippen LogP) is 2.27. The molecule has 0 aromatic heterocycles. The molecule has 27 heavy (non-hydrogen) atoms. The number of ether oxygens (including phenoxy) is 2. The SMILES string of the molecule is O=C(NCCCc1ccc2c(c1)OCO2)C1CCN(C(=O)C(F)(F)F)CC1. The molecule has 0 radical (unpaired) electrons. The number of nitrogens with zero attached hydrogens (tertiary/aromatic N) is 1. The van der Waals surface area contributed by atoms with Gasteiger partial charge in [-0.25, -0.2) is 0 Å². The lowest BCUT2D eigenvalue weighted by molar-refractivity contribution is -0.186. The standard InChI is InChI=1S/C18H21F3N2O4/c19-18(20,21)17(25)23-8-5-13(6-9-23)16(24)22-7-1-2-12-3-4-14-15(10-12)27-11-26-14/h3-4,10,13H,1-2,5-9,11H2,(H,22,24). The molecule has 0 atom stereocenters. The Morgan fingerprint density at radius 2 is 1.85 bits per heavy atom. The summed E-state index contributed by atoms with van der Waals surface area (Å²) in [7, 11) is 0. The zero-order valence-corrected chi connectivity index (χ0v) is 14.7. The molecule has 9 heteroatoms. The largest absolute Gasteiger partial charge is 0.471 e. The van der Waals surface area contributed by atoms with Crippen LogP contribution in [-0.2, 0) is 16.0 Å². The zero-order valence-electron chi connectivity index (χ0n) is 14.7. The second-order valence-corrected chi connectivity index (χ2v) is 6.65. The maximum Gasteiger partial charge on any atom is 0.471 e. The molecule has 1 aromatic rings. The number of hydrogen-bond donors (Lipinski definition) is 1. The fraction of sp³-hybridized carbons (Fsp3) is 0.556. The number of halogens is 3. The number of hydrogen-bond acceptors (Lipinski definition) is 4. The second kappa shape index (κ2) is 8.06. The Bertz CT molecular complexity index is 700. The van der Waals surface area contributed by atoms with Gasteiger partial charge in [-0.3, -0.25) is 9.59 Å². The van der Waals surface area contributed by atoms with E-state index in [0.29, 0.717) is 6.54 Å². The smallest absolute Gasteiger partial charge is 0.454 e. The predicted molar refractivity (Wildman–Crippen MR) is 89.3 cm³/mol. The number of carbonyl (C=O) groups excluding carboxylic acids is 2. The summed E-state index contributed by atoms with van der Waals surface area (Å²) in [4.78, 5) is 24.1. The maximum atomic E-state index is 12.4. The van der Waals surface area contributed by atoms with Gasteiger partial charge in [0, 0.05) is 25.6 Å². The molecule has 0 saturated carbocycles. The van der Waals surface area contributed by atoms with Crippen LogP contribution < -0.4 is 14.8 Å². The highest BCUT2D eigenvalue weighted by Crippen LogP contribution is 2.32. The summed E-state index contributed by atoms with van der Waals surface area (Å²) in [5, 5.41) is 2.83. The van der Waals surface area contributed by atoms with E-state index in [-0.39, 0.29) is 44.5 Å². The zero-order chi connectivity index (χ0) is 19.4. The first-order chi connectivity index (χ1) is 12.8. The van der Waals surface area contributed by atoms with Gasteiger partial charge in [-0.05, 0) is 43.4 Å². The third-order valence-electron chi connectivity index (χ3n) is 4.77. The minimum absolute atomic E-state index is 0.0480. The van der Waals surface area contributed by atoms with Gasteiger partial charge >= 0.3 is 12.1 Å². The van der Waals surface area contributed by atoms with E-state index in [4.69, 9.17) is 9.47 Å². The highest BCUT2D eigenvalue weighted by molar-refractivity contribution is 5.83. The normalized spacial score (nSPS) is 17.1. The van der Waals surface area contributed by atoms with Crippen molar-refractivity contribution in [3.63, 3.8) is 0 Å². The average molecular weight is 386 g/mol. The molecule has 3 rings (SSSR count). The fourth-order valence-electron chi connectivity index (χ4n) is 3.27. The van der Waals surface area contributed by atoms with Gasteiger partial charge in [0.15, 0.2) is 11.5 Å². The number of piperidine rings is 1. The van der Waals surface area contributed by atoms with E-state index in [9.17, 15) is 22.8 Å². The van der Waals surface area contributed by atoms with Crippen LogP contribution in [0.15, 0.2) is 18.2 Å². The molecule has 0 spiro atoms. The third-order valence-corrected chi connectivity index (χ3v) is 4.77. The fourth-order valence-corrected chi connectivity index (χ4v) is 3.27. The van der Waals surface area contributed by atoms with Crippen LogP contribution in [0.3, 0.4) is 0 Å². The Balaban J connectivity index is 1.36. The lowest BCUT2D eigenvalue weighted by atomic mass is 9.95. The van der Waals surface area contributed by atoms with Gasteiger partial charge < -0.3 is 19.7 Å². The van der Waals surface area contributed by atoms with Crippen LogP contribution in [0.5, 0.6) is 11.5 Å². The van der Waals surface area contributed by atoms with Crippen molar-refractivity contribution in [3.8, 4) is 11.5 Å². The monoisotopic (exact) mass is 386 g/mol. The highest BCUT2D eigenvalue weighted by Gasteiger charge is 2.43. The number of likely N-dealkylation sites (tertiary alicyclic amines) is 1. The number of amides is 2. The first-order valence-electron chi connectivity index (χ1n) is 8.87. The van der Waals surface area contributed by atoms with Crippen LogP contribution >= 0.6 is 0 Å². The minimum atomic E-state index is -4.86. The number of alkyl halides is 3. The number of nitrogens with one attached hydrogen (secondary N) is 1. The number of carbonyl (C=O) groups is 2. The number of aryl methyl sites for hydroxylation is 1. The van der Waals surface area contributed by atoms with Crippen molar-refractivity contribution in [2.45, 2.75) is 31.9 Å². The van der Waals surface area contributed by atoms with Crippen molar-refractivity contribution in [2.75, 3.05) is 26.4 Å². The summed E-state index contributed by atoms with van der Waals surface area (Å²) >= 11 is 0. The Kier molecular flexibility index (Phi) is 5.76. The molecule has 1 N–H and O–H groups in total. The van der Waals surface area contributed by atoms with Crippen LogP contribution in [-0.4, -0.2) is 49.3 Å². The molecular formula is C18H21F3N2O4. The summed E-state index contributed by atoms with van der Waals surface area (Å²) in [6.45, 7) is 0.610. The number of fused-ring (bicyclic) bond motifs is 1. The van der Waals surface area contributed by atoms with Gasteiger partial charge in [-0.1, -0.05) is 6.07 Å². The van der Waals surface area contributed by atoms with Gasteiger partial charge in [0.1, 0.15) is 0 Å². The first-order valence-corrected chi connectivity index (χ1v) is 8.87. The lowest BCUT2D eigenvalue weighted by Crippen LogP contribution is -2.47. The molecule has 2 heterocycles. The van der Waals surface area contributed by atoms with Crippen molar-refractivity contribution in [1.29, 1.82) is 0 Å². The van der Waals surface area contributed by atoms with E-state index in [1.807, 2.05) is 18.2 Å². The number of benzene rings is 1. The van der Waals surface area contributed by atoms with E-state index in [0.717, 1.165) is 34.8 Å². The summed E-state index contributed by atoms with van der Waals surface area (Å²) in [5.74, 6) is -0.906. The Morgan fingerprint density at radius 1 is 1.15 bits per heavy atom. The van der Waals surface area contributed by atoms with Crippen LogP contribution in [0, 0.1) is 5.92 Å². The van der Waals surface area contributed by atoms with E-state index in [2.05, 4.69) is 5.32 Å². The average Bonchev–Trinajstić information content (AvgIpc) is 3.11. The van der Waals surface area contributed by atoms with Crippen molar-refractivity contribution < 1.29 is 32.2 Å². The molecule has 0 aliphatic carbocycles. The molecular weight excluding hydrogens is 365 g/mol. The molecule has 0 bridgehead atoms. The van der Waals surface area contributed by atoms with Crippen LogP contribution in [0.4, 0.5) is 13.2 Å². The molecule has 1 aromatic carbocycles. The van der Waals surface area contributed by atoms with Crippen LogP contribution in [0.2, 0.25) is 0 Å². The molecule has 1 fully saturated rings. The lowest BCUT2D eigenvalue weighted by Gasteiger charge is -2.31. The van der Waals surface area contributed by atoms with Crippen molar-refractivity contribution in [1.82, 2.24) is 10.2 Å². The first kappa shape index (κ1) is 19.3. The van der Waals surface area contributed by atoms with Crippen molar-refractivity contribution in [2.24, 2.45) is 5.92 Å². The molecule has 2 amide bonds. The van der Waals surface area contributed by atoms with Crippen molar-refractivity contribution in [3.05, 3.63) is 23.8 Å². The summed E-state index contributed by atoms with van der Waals surface area (Å²) < 4.78 is 47.8. The summed E-state index contributed by atoms with van der Waals surface area (Å²) in [5.41, 5.74) is 1.08. The van der Waals surface area contributed by atoms with E-state index in [1.54, 1.807) is 0 Å². The molecule has 2 aliphatic heterocycles. The molecule has 2 aliphatic rings. The highest BCUT2D eigenvalue weighted by atomic mass is 19.4. The van der Waals surface area contributed by atoms with Gasteiger partial charge in [-0.2, -0.15) is 13.2 Å².